The monoisotopic (exact) mass is 433 g/mol. The van der Waals surface area contributed by atoms with E-state index in [1.54, 1.807) is 22.9 Å². The zero-order valence-corrected chi connectivity index (χ0v) is 18.6. The molecule has 0 spiro atoms. The van der Waals surface area contributed by atoms with Crippen molar-refractivity contribution in [3.63, 3.8) is 0 Å². The second-order valence-electron chi connectivity index (χ2n) is 8.82. The van der Waals surface area contributed by atoms with E-state index in [4.69, 9.17) is 0 Å². The minimum atomic E-state index is -3.69. The lowest BCUT2D eigenvalue weighted by Gasteiger charge is -2.32. The van der Waals surface area contributed by atoms with E-state index in [0.717, 1.165) is 37.6 Å². The third kappa shape index (κ3) is 4.23. The van der Waals surface area contributed by atoms with Gasteiger partial charge in [0, 0.05) is 25.2 Å². The van der Waals surface area contributed by atoms with Gasteiger partial charge in [0.1, 0.15) is 5.52 Å². The number of benzene rings is 1. The Bertz CT molecular complexity index is 1010. The summed E-state index contributed by atoms with van der Waals surface area (Å²) in [6.07, 6.45) is 7.01. The molecule has 2 aromatic rings. The molecule has 164 valence electrons. The number of nitrogens with one attached hydrogen (secondary N) is 1. The molecule has 1 aromatic carbocycles. The van der Waals surface area contributed by atoms with Crippen LogP contribution in [0, 0.1) is 5.92 Å². The largest absolute Gasteiger partial charge is 0.353 e. The van der Waals surface area contributed by atoms with E-state index in [-0.39, 0.29) is 35.3 Å². The molecule has 30 heavy (non-hydrogen) atoms. The Labute approximate surface area is 178 Å². The number of carbonyl (C=O) groups excluding carboxylic acids is 1. The maximum absolute atomic E-state index is 13.3. The van der Waals surface area contributed by atoms with E-state index in [1.807, 2.05) is 13.8 Å². The van der Waals surface area contributed by atoms with E-state index in [2.05, 4.69) is 15.6 Å². The number of fused-ring (bicyclic) bond motifs is 1. The maximum atomic E-state index is 13.3. The van der Waals surface area contributed by atoms with E-state index in [0.29, 0.717) is 18.5 Å². The number of carbonyl (C=O) groups is 1. The SMILES string of the molecule is CC(C)n1nnc2cc(S(=O)(=O)N3CCC[C@H](C(=O)NC4CCCCC4)C3)ccc21. The van der Waals surface area contributed by atoms with Crippen LogP contribution in [0.4, 0.5) is 0 Å². The van der Waals surface area contributed by atoms with E-state index >= 15 is 0 Å². The molecule has 1 atom stereocenters. The average Bonchev–Trinajstić information content (AvgIpc) is 3.18. The smallest absolute Gasteiger partial charge is 0.243 e. The van der Waals surface area contributed by atoms with Crippen molar-refractivity contribution >= 4 is 27.0 Å². The van der Waals surface area contributed by atoms with Crippen molar-refractivity contribution in [2.24, 2.45) is 5.92 Å². The summed E-state index contributed by atoms with van der Waals surface area (Å²) in [5, 5.41) is 11.4. The number of piperidine rings is 1. The predicted octanol–water partition coefficient (Wildman–Crippen LogP) is 2.86. The fourth-order valence-corrected chi connectivity index (χ4v) is 6.10. The molecule has 9 heteroatoms. The van der Waals surface area contributed by atoms with Gasteiger partial charge < -0.3 is 5.32 Å². The van der Waals surface area contributed by atoms with Gasteiger partial charge in [-0.1, -0.05) is 24.5 Å². The minimum absolute atomic E-state index is 0.00266. The molecule has 2 fully saturated rings. The maximum Gasteiger partial charge on any atom is 0.243 e. The highest BCUT2D eigenvalue weighted by atomic mass is 32.2. The lowest BCUT2D eigenvalue weighted by atomic mass is 9.93. The highest BCUT2D eigenvalue weighted by Gasteiger charge is 2.34. The van der Waals surface area contributed by atoms with Gasteiger partial charge in [0.15, 0.2) is 0 Å². The molecule has 1 N–H and O–H groups in total. The standard InChI is InChI=1S/C21H31N5O3S/c1-15(2)26-20-11-10-18(13-19(20)23-24-26)30(28,29)25-12-6-7-16(14-25)21(27)22-17-8-4-3-5-9-17/h10-11,13,15-17H,3-9,12,14H2,1-2H3,(H,22,27)/t16-/m0/s1. The lowest BCUT2D eigenvalue weighted by molar-refractivity contribution is -0.127. The molecule has 1 amide bonds. The summed E-state index contributed by atoms with van der Waals surface area (Å²) in [5.41, 5.74) is 1.38. The zero-order chi connectivity index (χ0) is 21.3. The number of rotatable bonds is 5. The summed E-state index contributed by atoms with van der Waals surface area (Å²) in [6.45, 7) is 4.68. The van der Waals surface area contributed by atoms with Crippen molar-refractivity contribution in [1.29, 1.82) is 0 Å². The summed E-state index contributed by atoms with van der Waals surface area (Å²) in [5.74, 6) is -0.293. The van der Waals surface area contributed by atoms with Crippen LogP contribution in [0.1, 0.15) is 64.8 Å². The summed E-state index contributed by atoms with van der Waals surface area (Å²) in [6, 6.07) is 5.35. The van der Waals surface area contributed by atoms with Crippen LogP contribution in [0.15, 0.2) is 23.1 Å². The molecular weight excluding hydrogens is 402 g/mol. The molecule has 0 radical (unpaired) electrons. The molecule has 2 aliphatic rings. The number of amides is 1. The Kier molecular flexibility index (Phi) is 6.11. The van der Waals surface area contributed by atoms with Gasteiger partial charge in [-0.2, -0.15) is 4.31 Å². The van der Waals surface area contributed by atoms with E-state index < -0.39 is 10.0 Å². The van der Waals surface area contributed by atoms with Gasteiger partial charge in [-0.05, 0) is 57.7 Å². The molecule has 1 saturated carbocycles. The number of hydrogen-bond acceptors (Lipinski definition) is 5. The van der Waals surface area contributed by atoms with Crippen LogP contribution in [0.25, 0.3) is 11.0 Å². The molecule has 2 heterocycles. The quantitative estimate of drug-likeness (QED) is 0.782. The van der Waals surface area contributed by atoms with Gasteiger partial charge in [-0.25, -0.2) is 13.1 Å². The first-order chi connectivity index (χ1) is 14.4. The molecule has 8 nitrogen and oxygen atoms in total. The van der Waals surface area contributed by atoms with Crippen LogP contribution < -0.4 is 5.32 Å². The van der Waals surface area contributed by atoms with Crippen molar-refractivity contribution in [1.82, 2.24) is 24.6 Å². The molecule has 1 aliphatic heterocycles. The molecule has 4 rings (SSSR count). The lowest BCUT2D eigenvalue weighted by Crippen LogP contribution is -2.47. The summed E-state index contributed by atoms with van der Waals surface area (Å²) in [7, 11) is -3.69. The van der Waals surface area contributed by atoms with E-state index in [1.165, 1.54) is 10.7 Å². The van der Waals surface area contributed by atoms with Gasteiger partial charge in [0.25, 0.3) is 0 Å². The number of aromatic nitrogens is 3. The van der Waals surface area contributed by atoms with Gasteiger partial charge in [-0.15, -0.1) is 5.10 Å². The Hall–Kier alpha value is -2.00. The summed E-state index contributed by atoms with van der Waals surface area (Å²) in [4.78, 5) is 13.0. The fraction of sp³-hybridized carbons (Fsp3) is 0.667. The summed E-state index contributed by atoms with van der Waals surface area (Å²) < 4.78 is 29.8. The van der Waals surface area contributed by atoms with Crippen LogP contribution in [0.3, 0.4) is 0 Å². The normalized spacial score (nSPS) is 21.9. The van der Waals surface area contributed by atoms with Gasteiger partial charge in [0.2, 0.25) is 15.9 Å². The second-order valence-corrected chi connectivity index (χ2v) is 10.8. The zero-order valence-electron chi connectivity index (χ0n) is 17.7. The molecule has 1 aliphatic carbocycles. The Balaban J connectivity index is 1.49. The number of hydrogen-bond donors (Lipinski definition) is 1. The third-order valence-electron chi connectivity index (χ3n) is 6.28. The number of nitrogens with zero attached hydrogens (tertiary/aromatic N) is 4. The highest BCUT2D eigenvalue weighted by molar-refractivity contribution is 7.89. The first-order valence-electron chi connectivity index (χ1n) is 11.0. The van der Waals surface area contributed by atoms with E-state index in [9.17, 15) is 13.2 Å². The van der Waals surface area contributed by atoms with Gasteiger partial charge in [-0.3, -0.25) is 4.79 Å². The van der Waals surface area contributed by atoms with Gasteiger partial charge >= 0.3 is 0 Å². The van der Waals surface area contributed by atoms with Crippen molar-refractivity contribution in [2.75, 3.05) is 13.1 Å². The van der Waals surface area contributed by atoms with Crippen LogP contribution in [0.2, 0.25) is 0 Å². The second kappa shape index (κ2) is 8.63. The van der Waals surface area contributed by atoms with Crippen LogP contribution in [0.5, 0.6) is 0 Å². The molecule has 0 unspecified atom stereocenters. The van der Waals surface area contributed by atoms with Crippen molar-refractivity contribution in [3.05, 3.63) is 18.2 Å². The summed E-state index contributed by atoms with van der Waals surface area (Å²) >= 11 is 0. The first kappa shape index (κ1) is 21.2. The fourth-order valence-electron chi connectivity index (χ4n) is 4.55. The minimum Gasteiger partial charge on any atom is -0.353 e. The topological polar surface area (TPSA) is 97.2 Å². The van der Waals surface area contributed by atoms with Crippen LogP contribution >= 0.6 is 0 Å². The third-order valence-corrected chi connectivity index (χ3v) is 8.14. The molecule has 1 saturated heterocycles. The Morgan fingerprint density at radius 1 is 1.13 bits per heavy atom. The Morgan fingerprint density at radius 3 is 2.63 bits per heavy atom. The predicted molar refractivity (Wildman–Crippen MR) is 114 cm³/mol. The highest BCUT2D eigenvalue weighted by Crippen LogP contribution is 2.27. The molecular formula is C21H31N5O3S. The molecule has 0 bridgehead atoms. The van der Waals surface area contributed by atoms with Gasteiger partial charge in [0.05, 0.1) is 16.3 Å². The average molecular weight is 434 g/mol. The first-order valence-corrected chi connectivity index (χ1v) is 12.5. The van der Waals surface area contributed by atoms with Crippen molar-refractivity contribution in [2.45, 2.75) is 75.8 Å². The molecule has 1 aromatic heterocycles. The number of sulfonamides is 1. The van der Waals surface area contributed by atoms with Crippen LogP contribution in [-0.2, 0) is 14.8 Å². The Morgan fingerprint density at radius 2 is 1.90 bits per heavy atom. The van der Waals surface area contributed by atoms with Crippen LogP contribution in [-0.4, -0.2) is 52.8 Å². The van der Waals surface area contributed by atoms with Crippen molar-refractivity contribution in [3.8, 4) is 0 Å². The van der Waals surface area contributed by atoms with Crippen molar-refractivity contribution < 1.29 is 13.2 Å².